The number of hydrogen-bond donors (Lipinski definition) is 1. The van der Waals surface area contributed by atoms with Crippen LogP contribution in [0.1, 0.15) is 31.6 Å². The molecule has 0 bridgehead atoms. The maximum absolute atomic E-state index is 12.9. The molecule has 0 aliphatic rings. The molecule has 0 saturated heterocycles. The predicted octanol–water partition coefficient (Wildman–Crippen LogP) is 2.87. The van der Waals surface area contributed by atoms with Crippen LogP contribution in [0.25, 0.3) is 0 Å². The SMILES string of the molecule is CC(C)[C@H](N)c1nc(COc2cccc(F)c2)no1.Cl. The van der Waals surface area contributed by atoms with Crippen molar-refractivity contribution in [2.45, 2.75) is 26.5 Å². The van der Waals surface area contributed by atoms with Crippen LogP contribution in [-0.2, 0) is 6.61 Å². The number of nitrogens with zero attached hydrogens (tertiary/aromatic N) is 2. The summed E-state index contributed by atoms with van der Waals surface area (Å²) in [5.74, 6) is 1.04. The fourth-order valence-electron chi connectivity index (χ4n) is 1.45. The first-order valence-electron chi connectivity index (χ1n) is 6.02. The first-order chi connectivity index (χ1) is 9.06. The van der Waals surface area contributed by atoms with Crippen LogP contribution >= 0.6 is 12.4 Å². The summed E-state index contributed by atoms with van der Waals surface area (Å²) < 4.78 is 23.4. The van der Waals surface area contributed by atoms with E-state index in [-0.39, 0.29) is 36.8 Å². The second kappa shape index (κ2) is 7.21. The molecule has 2 aromatic rings. The van der Waals surface area contributed by atoms with Crippen LogP contribution in [-0.4, -0.2) is 10.1 Å². The number of rotatable bonds is 5. The third-order valence-electron chi connectivity index (χ3n) is 2.65. The first-order valence-corrected chi connectivity index (χ1v) is 6.02. The van der Waals surface area contributed by atoms with E-state index in [0.29, 0.717) is 17.5 Å². The van der Waals surface area contributed by atoms with E-state index in [1.54, 1.807) is 12.1 Å². The number of aromatic nitrogens is 2. The van der Waals surface area contributed by atoms with E-state index in [4.69, 9.17) is 15.0 Å². The fraction of sp³-hybridized carbons (Fsp3) is 0.385. The van der Waals surface area contributed by atoms with Crippen molar-refractivity contribution < 1.29 is 13.7 Å². The van der Waals surface area contributed by atoms with Gasteiger partial charge in [-0.25, -0.2) is 4.39 Å². The third kappa shape index (κ3) is 4.18. The van der Waals surface area contributed by atoms with Crippen molar-refractivity contribution in [3.8, 4) is 5.75 Å². The summed E-state index contributed by atoms with van der Waals surface area (Å²) >= 11 is 0. The van der Waals surface area contributed by atoms with Gasteiger partial charge in [-0.3, -0.25) is 0 Å². The molecule has 2 N–H and O–H groups in total. The number of hydrogen-bond acceptors (Lipinski definition) is 5. The van der Waals surface area contributed by atoms with Gasteiger partial charge in [0.2, 0.25) is 11.7 Å². The Bertz CT molecular complexity index is 548. The summed E-state index contributed by atoms with van der Waals surface area (Å²) in [4.78, 5) is 4.15. The molecular formula is C13H17ClFN3O2. The Kier molecular flexibility index (Phi) is 5.91. The minimum Gasteiger partial charge on any atom is -0.485 e. The Hall–Kier alpha value is -1.66. The van der Waals surface area contributed by atoms with Crippen LogP contribution in [0.4, 0.5) is 4.39 Å². The molecule has 7 heteroatoms. The van der Waals surface area contributed by atoms with Crippen molar-refractivity contribution in [3.63, 3.8) is 0 Å². The zero-order valence-electron chi connectivity index (χ0n) is 11.2. The van der Waals surface area contributed by atoms with Gasteiger partial charge in [0.15, 0.2) is 6.61 Å². The fourth-order valence-corrected chi connectivity index (χ4v) is 1.45. The second-order valence-corrected chi connectivity index (χ2v) is 4.56. The van der Waals surface area contributed by atoms with Gasteiger partial charge < -0.3 is 15.0 Å². The van der Waals surface area contributed by atoms with Crippen LogP contribution in [0.5, 0.6) is 5.75 Å². The van der Waals surface area contributed by atoms with Gasteiger partial charge in [0.25, 0.3) is 0 Å². The zero-order chi connectivity index (χ0) is 13.8. The molecule has 0 aliphatic heterocycles. The average molecular weight is 302 g/mol. The highest BCUT2D eigenvalue weighted by atomic mass is 35.5. The zero-order valence-corrected chi connectivity index (χ0v) is 12.1. The molecule has 1 atom stereocenters. The van der Waals surface area contributed by atoms with Crippen LogP contribution < -0.4 is 10.5 Å². The van der Waals surface area contributed by atoms with Crippen molar-refractivity contribution in [1.29, 1.82) is 0 Å². The Morgan fingerprint density at radius 2 is 2.15 bits per heavy atom. The lowest BCUT2D eigenvalue weighted by Gasteiger charge is -2.09. The summed E-state index contributed by atoms with van der Waals surface area (Å²) in [5.41, 5.74) is 5.89. The normalized spacial score (nSPS) is 12.1. The average Bonchev–Trinajstić information content (AvgIpc) is 2.84. The van der Waals surface area contributed by atoms with Crippen molar-refractivity contribution in [3.05, 3.63) is 41.8 Å². The molecule has 0 radical (unpaired) electrons. The highest BCUT2D eigenvalue weighted by Gasteiger charge is 2.18. The van der Waals surface area contributed by atoms with Gasteiger partial charge in [-0.1, -0.05) is 25.1 Å². The van der Waals surface area contributed by atoms with E-state index in [2.05, 4.69) is 10.1 Å². The Morgan fingerprint density at radius 1 is 1.40 bits per heavy atom. The van der Waals surface area contributed by atoms with Crippen molar-refractivity contribution in [2.24, 2.45) is 11.7 Å². The van der Waals surface area contributed by atoms with E-state index in [0.717, 1.165) is 0 Å². The predicted molar refractivity (Wildman–Crippen MR) is 74.0 cm³/mol. The van der Waals surface area contributed by atoms with E-state index < -0.39 is 0 Å². The molecule has 1 heterocycles. The van der Waals surface area contributed by atoms with Gasteiger partial charge in [0.05, 0.1) is 6.04 Å². The topological polar surface area (TPSA) is 74.2 Å². The molecular weight excluding hydrogens is 285 g/mol. The number of nitrogens with two attached hydrogens (primary N) is 1. The van der Waals surface area contributed by atoms with Crippen LogP contribution in [0, 0.1) is 11.7 Å². The molecule has 0 unspecified atom stereocenters. The monoisotopic (exact) mass is 301 g/mol. The largest absolute Gasteiger partial charge is 0.485 e. The first kappa shape index (κ1) is 16.4. The lowest BCUT2D eigenvalue weighted by Crippen LogP contribution is -2.17. The lowest BCUT2D eigenvalue weighted by molar-refractivity contribution is 0.280. The molecule has 5 nitrogen and oxygen atoms in total. The highest BCUT2D eigenvalue weighted by Crippen LogP contribution is 2.17. The second-order valence-electron chi connectivity index (χ2n) is 4.56. The summed E-state index contributed by atoms with van der Waals surface area (Å²) in [7, 11) is 0. The molecule has 1 aromatic heterocycles. The summed E-state index contributed by atoms with van der Waals surface area (Å²) in [5, 5.41) is 3.77. The van der Waals surface area contributed by atoms with Gasteiger partial charge in [-0.2, -0.15) is 4.98 Å². The van der Waals surface area contributed by atoms with Gasteiger partial charge in [-0.05, 0) is 18.1 Å². The molecule has 20 heavy (non-hydrogen) atoms. The van der Waals surface area contributed by atoms with E-state index >= 15 is 0 Å². The van der Waals surface area contributed by atoms with Gasteiger partial charge in [0, 0.05) is 6.07 Å². The van der Waals surface area contributed by atoms with E-state index in [1.807, 2.05) is 13.8 Å². The number of benzene rings is 1. The maximum Gasteiger partial charge on any atom is 0.243 e. The van der Waals surface area contributed by atoms with E-state index in [1.165, 1.54) is 12.1 Å². The van der Waals surface area contributed by atoms with Crippen LogP contribution in [0.2, 0.25) is 0 Å². The molecule has 1 aromatic carbocycles. The summed E-state index contributed by atoms with van der Waals surface area (Å²) in [6.45, 7) is 4.05. The van der Waals surface area contributed by atoms with Crippen molar-refractivity contribution in [1.82, 2.24) is 10.1 Å². The minimum atomic E-state index is -0.354. The minimum absolute atomic E-state index is 0. The number of halogens is 2. The summed E-state index contributed by atoms with van der Waals surface area (Å²) in [6.07, 6.45) is 0. The number of ether oxygens (including phenoxy) is 1. The Balaban J connectivity index is 0.00000200. The van der Waals surface area contributed by atoms with Crippen LogP contribution in [0.15, 0.2) is 28.8 Å². The standard InChI is InChI=1S/C13H16FN3O2.ClH/c1-8(2)12(15)13-16-11(17-19-13)7-18-10-5-3-4-9(14)6-10;/h3-6,8,12H,7,15H2,1-2H3;1H/t12-;/m0./s1. The molecule has 0 spiro atoms. The molecule has 0 fully saturated rings. The molecule has 2 rings (SSSR count). The molecule has 110 valence electrons. The highest BCUT2D eigenvalue weighted by molar-refractivity contribution is 5.85. The lowest BCUT2D eigenvalue weighted by atomic mass is 10.1. The van der Waals surface area contributed by atoms with Gasteiger partial charge >= 0.3 is 0 Å². The summed E-state index contributed by atoms with van der Waals surface area (Å²) in [6, 6.07) is 5.57. The van der Waals surface area contributed by atoms with Crippen LogP contribution in [0.3, 0.4) is 0 Å². The quantitative estimate of drug-likeness (QED) is 0.919. The van der Waals surface area contributed by atoms with Gasteiger partial charge in [-0.15, -0.1) is 12.4 Å². The molecule has 0 aliphatic carbocycles. The molecule has 0 saturated carbocycles. The molecule has 0 amide bonds. The van der Waals surface area contributed by atoms with Gasteiger partial charge in [0.1, 0.15) is 11.6 Å². The Labute approximate surface area is 122 Å². The van der Waals surface area contributed by atoms with E-state index in [9.17, 15) is 4.39 Å². The Morgan fingerprint density at radius 3 is 2.80 bits per heavy atom. The van der Waals surface area contributed by atoms with Crippen molar-refractivity contribution >= 4 is 12.4 Å². The maximum atomic E-state index is 12.9. The smallest absolute Gasteiger partial charge is 0.243 e. The van der Waals surface area contributed by atoms with Crippen molar-refractivity contribution in [2.75, 3.05) is 0 Å². The third-order valence-corrected chi connectivity index (χ3v) is 2.65.